The lowest BCUT2D eigenvalue weighted by atomic mass is 10.0. The number of rotatable bonds is 5. The van der Waals surface area contributed by atoms with Gasteiger partial charge in [-0.1, -0.05) is 48.9 Å². The molecule has 134 valence electrons. The molecule has 2 heterocycles. The van der Waals surface area contributed by atoms with E-state index in [2.05, 4.69) is 28.4 Å². The Hall–Kier alpha value is -2.24. The van der Waals surface area contributed by atoms with Crippen molar-refractivity contribution in [3.63, 3.8) is 0 Å². The Balaban J connectivity index is 1.42. The highest BCUT2D eigenvalue weighted by molar-refractivity contribution is 7.18. The molecule has 0 saturated carbocycles. The Morgan fingerprint density at radius 2 is 1.92 bits per heavy atom. The lowest BCUT2D eigenvalue weighted by Crippen LogP contribution is -2.41. The number of carbonyl (C=O) groups is 1. The second-order valence-electron chi connectivity index (χ2n) is 6.76. The molecule has 1 aromatic heterocycles. The predicted octanol–water partition coefficient (Wildman–Crippen LogP) is 4.14. The van der Waals surface area contributed by atoms with Crippen LogP contribution in [0.3, 0.4) is 0 Å². The van der Waals surface area contributed by atoms with Crippen LogP contribution < -0.4 is 5.32 Å². The van der Waals surface area contributed by atoms with E-state index in [1.807, 2.05) is 36.4 Å². The minimum Gasteiger partial charge on any atom is -0.351 e. The van der Waals surface area contributed by atoms with Crippen molar-refractivity contribution >= 4 is 27.5 Å². The third kappa shape index (κ3) is 3.94. The molecule has 4 rings (SSSR count). The molecule has 0 bridgehead atoms. The first-order chi connectivity index (χ1) is 12.8. The SMILES string of the molecule is O=C(CN1CCCC[C@@H]1c1nc2ccccc2s1)NCc1ccccc1. The van der Waals surface area contributed by atoms with Gasteiger partial charge in [0.05, 0.1) is 22.8 Å². The molecule has 1 aliphatic heterocycles. The third-order valence-electron chi connectivity index (χ3n) is 4.89. The normalized spacial score (nSPS) is 18.1. The van der Waals surface area contributed by atoms with Gasteiger partial charge in [-0.05, 0) is 37.1 Å². The Morgan fingerprint density at radius 1 is 1.12 bits per heavy atom. The number of fused-ring (bicyclic) bond motifs is 1. The number of benzene rings is 2. The van der Waals surface area contributed by atoms with E-state index in [-0.39, 0.29) is 11.9 Å². The molecule has 4 nitrogen and oxygen atoms in total. The zero-order valence-corrected chi connectivity index (χ0v) is 15.5. The molecule has 1 amide bonds. The summed E-state index contributed by atoms with van der Waals surface area (Å²) >= 11 is 1.76. The summed E-state index contributed by atoms with van der Waals surface area (Å²) in [6.45, 7) is 1.98. The van der Waals surface area contributed by atoms with Crippen LogP contribution in [0, 0.1) is 0 Å². The van der Waals surface area contributed by atoms with Crippen LogP contribution in [0.5, 0.6) is 0 Å². The van der Waals surface area contributed by atoms with Gasteiger partial charge in [-0.3, -0.25) is 9.69 Å². The molecule has 0 aliphatic carbocycles. The van der Waals surface area contributed by atoms with Gasteiger partial charge in [0, 0.05) is 6.54 Å². The monoisotopic (exact) mass is 365 g/mol. The molecule has 1 saturated heterocycles. The first-order valence-corrected chi connectivity index (χ1v) is 10.0. The van der Waals surface area contributed by atoms with Crippen molar-refractivity contribution in [1.29, 1.82) is 0 Å². The summed E-state index contributed by atoms with van der Waals surface area (Å²) in [5.41, 5.74) is 2.19. The maximum Gasteiger partial charge on any atom is 0.234 e. The number of para-hydroxylation sites is 1. The van der Waals surface area contributed by atoms with E-state index in [0.29, 0.717) is 13.1 Å². The van der Waals surface area contributed by atoms with Crippen LogP contribution in [-0.2, 0) is 11.3 Å². The van der Waals surface area contributed by atoms with Gasteiger partial charge in [0.25, 0.3) is 0 Å². The summed E-state index contributed by atoms with van der Waals surface area (Å²) in [7, 11) is 0. The molecule has 1 atom stereocenters. The second-order valence-corrected chi connectivity index (χ2v) is 7.83. The van der Waals surface area contributed by atoms with Gasteiger partial charge in [-0.2, -0.15) is 0 Å². The van der Waals surface area contributed by atoms with Crippen LogP contribution in [0.25, 0.3) is 10.2 Å². The van der Waals surface area contributed by atoms with Crippen LogP contribution in [-0.4, -0.2) is 28.9 Å². The smallest absolute Gasteiger partial charge is 0.234 e. The summed E-state index contributed by atoms with van der Waals surface area (Å²) < 4.78 is 1.22. The Labute approximate surface area is 157 Å². The summed E-state index contributed by atoms with van der Waals surface area (Å²) in [5.74, 6) is 0.0851. The Morgan fingerprint density at radius 3 is 2.77 bits per heavy atom. The first kappa shape index (κ1) is 17.2. The van der Waals surface area contributed by atoms with Gasteiger partial charge >= 0.3 is 0 Å². The highest BCUT2D eigenvalue weighted by Crippen LogP contribution is 2.35. The molecule has 0 unspecified atom stereocenters. The summed E-state index contributed by atoms with van der Waals surface area (Å²) in [4.78, 5) is 19.6. The number of thiazole rings is 1. The highest BCUT2D eigenvalue weighted by atomic mass is 32.1. The van der Waals surface area contributed by atoms with Crippen molar-refractivity contribution in [2.45, 2.75) is 31.8 Å². The standard InChI is InChI=1S/C21H23N3OS/c25-20(22-14-16-8-2-1-3-9-16)15-24-13-7-6-11-18(24)21-23-17-10-4-5-12-19(17)26-21/h1-5,8-10,12,18H,6-7,11,13-15H2,(H,22,25)/t18-/m1/s1. The van der Waals surface area contributed by atoms with E-state index in [1.165, 1.54) is 11.1 Å². The summed E-state index contributed by atoms with van der Waals surface area (Å²) in [5, 5.41) is 4.19. The number of likely N-dealkylation sites (tertiary alicyclic amines) is 1. The van der Waals surface area contributed by atoms with Gasteiger partial charge in [-0.25, -0.2) is 4.98 Å². The van der Waals surface area contributed by atoms with Crippen molar-refractivity contribution in [2.24, 2.45) is 0 Å². The maximum atomic E-state index is 12.5. The fraction of sp³-hybridized carbons (Fsp3) is 0.333. The van der Waals surface area contributed by atoms with Crippen LogP contribution in [0.1, 0.15) is 35.9 Å². The van der Waals surface area contributed by atoms with Crippen LogP contribution >= 0.6 is 11.3 Å². The maximum absolute atomic E-state index is 12.5. The van der Waals surface area contributed by atoms with Gasteiger partial charge in [0.15, 0.2) is 0 Å². The fourth-order valence-electron chi connectivity index (χ4n) is 3.53. The molecule has 5 heteroatoms. The predicted molar refractivity (Wildman–Crippen MR) is 106 cm³/mol. The molecule has 26 heavy (non-hydrogen) atoms. The van der Waals surface area contributed by atoms with Gasteiger partial charge in [0.2, 0.25) is 5.91 Å². The van der Waals surface area contributed by atoms with Crippen LogP contribution in [0.15, 0.2) is 54.6 Å². The van der Waals surface area contributed by atoms with Crippen molar-refractivity contribution < 1.29 is 4.79 Å². The molecule has 3 aromatic rings. The van der Waals surface area contributed by atoms with Crippen molar-refractivity contribution in [3.05, 3.63) is 65.2 Å². The van der Waals surface area contributed by atoms with Crippen molar-refractivity contribution in [2.75, 3.05) is 13.1 Å². The fourth-order valence-corrected chi connectivity index (χ4v) is 4.67. The second kappa shape index (κ2) is 7.98. The largest absolute Gasteiger partial charge is 0.351 e. The number of nitrogens with zero attached hydrogens (tertiary/aromatic N) is 2. The van der Waals surface area contributed by atoms with Crippen LogP contribution in [0.2, 0.25) is 0 Å². The third-order valence-corrected chi connectivity index (χ3v) is 6.03. The molecule has 0 radical (unpaired) electrons. The van der Waals surface area contributed by atoms with E-state index < -0.39 is 0 Å². The minimum absolute atomic E-state index is 0.0851. The molecule has 1 N–H and O–H groups in total. The number of hydrogen-bond donors (Lipinski definition) is 1. The number of hydrogen-bond acceptors (Lipinski definition) is 4. The summed E-state index contributed by atoms with van der Waals surface area (Å²) in [6, 6.07) is 18.6. The molecular formula is C21H23N3OS. The zero-order valence-electron chi connectivity index (χ0n) is 14.7. The molecule has 1 aliphatic rings. The van der Waals surface area contributed by atoms with Crippen molar-refractivity contribution in [3.8, 4) is 0 Å². The van der Waals surface area contributed by atoms with E-state index in [9.17, 15) is 4.79 Å². The van der Waals surface area contributed by atoms with Crippen LogP contribution in [0.4, 0.5) is 0 Å². The lowest BCUT2D eigenvalue weighted by Gasteiger charge is -2.33. The highest BCUT2D eigenvalue weighted by Gasteiger charge is 2.28. The zero-order chi connectivity index (χ0) is 17.8. The van der Waals surface area contributed by atoms with E-state index in [4.69, 9.17) is 4.98 Å². The topological polar surface area (TPSA) is 45.2 Å². The average Bonchev–Trinajstić information content (AvgIpc) is 3.12. The first-order valence-electron chi connectivity index (χ1n) is 9.20. The Bertz CT molecular complexity index is 844. The average molecular weight is 366 g/mol. The van der Waals surface area contributed by atoms with Gasteiger partial charge in [-0.15, -0.1) is 11.3 Å². The number of amides is 1. The number of aromatic nitrogens is 1. The molecule has 1 fully saturated rings. The minimum atomic E-state index is 0.0851. The number of carbonyl (C=O) groups excluding carboxylic acids is 1. The number of piperidine rings is 1. The van der Waals surface area contributed by atoms with Crippen molar-refractivity contribution in [1.82, 2.24) is 15.2 Å². The Kier molecular flexibility index (Phi) is 5.27. The van der Waals surface area contributed by atoms with Gasteiger partial charge in [0.1, 0.15) is 5.01 Å². The molecular weight excluding hydrogens is 342 g/mol. The van der Waals surface area contributed by atoms with E-state index in [0.717, 1.165) is 35.5 Å². The van der Waals surface area contributed by atoms with Gasteiger partial charge < -0.3 is 5.32 Å². The summed E-state index contributed by atoms with van der Waals surface area (Å²) in [6.07, 6.45) is 3.42. The number of nitrogens with one attached hydrogen (secondary N) is 1. The van der Waals surface area contributed by atoms with E-state index >= 15 is 0 Å². The molecule has 0 spiro atoms. The lowest BCUT2D eigenvalue weighted by molar-refractivity contribution is -0.123. The van der Waals surface area contributed by atoms with E-state index in [1.54, 1.807) is 11.3 Å². The quantitative estimate of drug-likeness (QED) is 0.739. The molecule has 2 aromatic carbocycles.